The van der Waals surface area contributed by atoms with Gasteiger partial charge in [0.05, 0.1) is 5.56 Å². The zero-order valence-electron chi connectivity index (χ0n) is 20.4. The van der Waals surface area contributed by atoms with Gasteiger partial charge in [-0.15, -0.1) is 46.3 Å². The molecule has 198 valence electrons. The lowest BCUT2D eigenvalue weighted by molar-refractivity contribution is -0.117. The summed E-state index contributed by atoms with van der Waals surface area (Å²) in [5, 5.41) is 22.6. The van der Waals surface area contributed by atoms with Gasteiger partial charge in [0, 0.05) is 35.5 Å². The molecule has 12 heteroatoms. The number of halogens is 2. The number of carbonyl (C=O) groups is 2. The van der Waals surface area contributed by atoms with Crippen molar-refractivity contribution in [3.8, 4) is 0 Å². The highest BCUT2D eigenvalue weighted by Crippen LogP contribution is 2.42. The lowest BCUT2D eigenvalue weighted by Crippen LogP contribution is -2.34. The van der Waals surface area contributed by atoms with Crippen molar-refractivity contribution in [2.24, 2.45) is 11.8 Å². The second-order valence-electron chi connectivity index (χ2n) is 10.4. The highest BCUT2D eigenvalue weighted by molar-refractivity contribution is 7.17. The summed E-state index contributed by atoms with van der Waals surface area (Å²) >= 11 is 1.59. The third kappa shape index (κ3) is 5.66. The van der Waals surface area contributed by atoms with Crippen molar-refractivity contribution in [3.63, 3.8) is 0 Å². The summed E-state index contributed by atoms with van der Waals surface area (Å²) in [6.45, 7) is 3.91. The van der Waals surface area contributed by atoms with E-state index in [1.807, 2.05) is 0 Å². The van der Waals surface area contributed by atoms with E-state index in [1.165, 1.54) is 17.7 Å². The van der Waals surface area contributed by atoms with Crippen LogP contribution in [-0.2, 0) is 17.6 Å². The fourth-order valence-corrected chi connectivity index (χ4v) is 6.42. The van der Waals surface area contributed by atoms with Gasteiger partial charge in [0.25, 0.3) is 5.91 Å². The first-order valence-electron chi connectivity index (χ1n) is 12.7. The van der Waals surface area contributed by atoms with Crippen molar-refractivity contribution in [1.82, 2.24) is 25.4 Å². The minimum atomic E-state index is -0.0518. The quantitative estimate of drug-likeness (QED) is 0.396. The molecule has 3 aliphatic carbocycles. The maximum atomic E-state index is 13.3. The van der Waals surface area contributed by atoms with Gasteiger partial charge in [0.15, 0.2) is 0 Å². The molecular weight excluding hydrogens is 521 g/mol. The van der Waals surface area contributed by atoms with E-state index in [4.69, 9.17) is 0 Å². The van der Waals surface area contributed by atoms with Gasteiger partial charge in [-0.25, -0.2) is 0 Å². The molecule has 3 fully saturated rings. The van der Waals surface area contributed by atoms with Crippen LogP contribution < -0.4 is 21.3 Å². The smallest absolute Gasteiger partial charge is 0.254 e. The first kappa shape index (κ1) is 27.2. The average molecular weight is 557 g/mol. The Morgan fingerprint density at radius 1 is 1.17 bits per heavy atom. The molecule has 36 heavy (non-hydrogen) atoms. The molecule has 0 radical (unpaired) electrons. The number of amides is 2. The maximum absolute atomic E-state index is 13.3. The number of anilines is 2. The Bertz CT molecular complexity index is 1100. The van der Waals surface area contributed by atoms with Gasteiger partial charge < -0.3 is 21.3 Å². The lowest BCUT2D eigenvalue weighted by Gasteiger charge is -2.26. The number of thiophene rings is 1. The summed E-state index contributed by atoms with van der Waals surface area (Å²) in [5.41, 5.74) is 1.76. The van der Waals surface area contributed by atoms with E-state index in [1.54, 1.807) is 17.7 Å². The number of hydrogen-bond donors (Lipinski definition) is 4. The Morgan fingerprint density at radius 3 is 2.67 bits per heavy atom. The number of carbonyl (C=O) groups excluding carboxylic acids is 2. The summed E-state index contributed by atoms with van der Waals surface area (Å²) in [4.78, 5) is 27.1. The van der Waals surface area contributed by atoms with Crippen LogP contribution in [-0.4, -0.2) is 51.8 Å². The lowest BCUT2D eigenvalue weighted by atomic mass is 9.91. The van der Waals surface area contributed by atoms with Crippen LogP contribution in [0.1, 0.15) is 72.3 Å². The van der Waals surface area contributed by atoms with Crippen LogP contribution in [0.5, 0.6) is 0 Å². The van der Waals surface area contributed by atoms with Crippen molar-refractivity contribution in [3.05, 3.63) is 22.3 Å². The van der Waals surface area contributed by atoms with Gasteiger partial charge in [0.1, 0.15) is 11.3 Å². The Hall–Kier alpha value is -1.88. The number of rotatable bonds is 8. The molecule has 3 heterocycles. The molecule has 3 atom stereocenters. The largest absolute Gasteiger partial charge is 0.352 e. The molecule has 4 N–H and O–H groups in total. The fraction of sp³-hybridized carbons (Fsp3) is 0.667. The molecule has 0 spiro atoms. The van der Waals surface area contributed by atoms with Crippen LogP contribution in [0.4, 0.5) is 10.9 Å². The van der Waals surface area contributed by atoms with Crippen LogP contribution in [0.25, 0.3) is 0 Å². The topological polar surface area (TPSA) is 113 Å². The predicted octanol–water partition coefficient (Wildman–Crippen LogP) is 3.56. The van der Waals surface area contributed by atoms with Crippen molar-refractivity contribution in [2.75, 3.05) is 23.7 Å². The highest BCUT2D eigenvalue weighted by atomic mass is 35.5. The Morgan fingerprint density at radius 2 is 1.97 bits per heavy atom. The highest BCUT2D eigenvalue weighted by Gasteiger charge is 2.35. The first-order valence-corrected chi connectivity index (χ1v) is 13.5. The summed E-state index contributed by atoms with van der Waals surface area (Å²) in [6, 6.07) is 0.891. The van der Waals surface area contributed by atoms with E-state index in [2.05, 4.69) is 43.0 Å². The molecule has 1 saturated heterocycles. The molecule has 1 aliphatic heterocycles. The number of nitrogens with one attached hydrogen (secondary N) is 4. The molecule has 2 amide bonds. The number of aromatic nitrogens is 3. The van der Waals surface area contributed by atoms with Crippen LogP contribution in [0.15, 0.2) is 6.33 Å². The molecular formula is C24H35Cl2N7O2S. The van der Waals surface area contributed by atoms with Crippen LogP contribution >= 0.6 is 36.2 Å². The molecule has 0 bridgehead atoms. The van der Waals surface area contributed by atoms with Gasteiger partial charge in [0.2, 0.25) is 11.9 Å². The second kappa shape index (κ2) is 11.2. The van der Waals surface area contributed by atoms with Gasteiger partial charge in [-0.3, -0.25) is 14.2 Å². The zero-order valence-corrected chi connectivity index (χ0v) is 22.9. The molecule has 2 aromatic heterocycles. The van der Waals surface area contributed by atoms with E-state index in [0.29, 0.717) is 23.6 Å². The second-order valence-corrected chi connectivity index (χ2v) is 11.5. The van der Waals surface area contributed by atoms with E-state index < -0.39 is 0 Å². The number of nitrogens with zero attached hydrogens (tertiary/aromatic N) is 3. The molecule has 6 rings (SSSR count). The Balaban J connectivity index is 0.00000152. The van der Waals surface area contributed by atoms with Gasteiger partial charge in [-0.05, 0) is 76.3 Å². The van der Waals surface area contributed by atoms with Crippen molar-refractivity contribution in [1.29, 1.82) is 0 Å². The summed E-state index contributed by atoms with van der Waals surface area (Å²) in [5.74, 6) is 1.51. The number of fused-ring (bicyclic) bond motifs is 1. The van der Waals surface area contributed by atoms with Crippen molar-refractivity contribution < 1.29 is 9.59 Å². The normalized spacial score (nSPS) is 24.8. The SMILES string of the molecule is CC1NCCC1Nc1nncn1[C@H]1CCc2sc(NC(=O)C3CC3)c(C(=O)NCC3CC3)c2C1.Cl.Cl. The summed E-state index contributed by atoms with van der Waals surface area (Å²) in [7, 11) is 0. The van der Waals surface area contributed by atoms with Gasteiger partial charge in [-0.2, -0.15) is 0 Å². The summed E-state index contributed by atoms with van der Waals surface area (Å²) in [6.07, 6.45) is 9.71. The third-order valence-corrected chi connectivity index (χ3v) is 8.91. The zero-order chi connectivity index (χ0) is 23.2. The minimum Gasteiger partial charge on any atom is -0.352 e. The number of aryl methyl sites for hydroxylation is 1. The van der Waals surface area contributed by atoms with Crippen molar-refractivity contribution in [2.45, 2.75) is 76.4 Å². The molecule has 2 aromatic rings. The Kier molecular flexibility index (Phi) is 8.49. The number of hydrogen-bond acceptors (Lipinski definition) is 7. The van der Waals surface area contributed by atoms with E-state index in [9.17, 15) is 9.59 Å². The molecule has 0 aromatic carbocycles. The molecule has 4 aliphatic rings. The van der Waals surface area contributed by atoms with E-state index in [0.717, 1.165) is 68.1 Å². The molecule has 2 saturated carbocycles. The van der Waals surface area contributed by atoms with Gasteiger partial charge in [-0.1, -0.05) is 0 Å². The average Bonchev–Trinajstić information content (AvgIpc) is 3.73. The molecule has 2 unspecified atom stereocenters. The van der Waals surface area contributed by atoms with Crippen LogP contribution in [0.3, 0.4) is 0 Å². The molecule has 9 nitrogen and oxygen atoms in total. The van der Waals surface area contributed by atoms with E-state index >= 15 is 0 Å². The minimum absolute atomic E-state index is 0. The fourth-order valence-electron chi connectivity index (χ4n) is 5.17. The van der Waals surface area contributed by atoms with Crippen LogP contribution in [0.2, 0.25) is 0 Å². The Labute approximate surface area is 227 Å². The predicted molar refractivity (Wildman–Crippen MR) is 146 cm³/mol. The monoisotopic (exact) mass is 555 g/mol. The van der Waals surface area contributed by atoms with Crippen molar-refractivity contribution >= 4 is 58.9 Å². The summed E-state index contributed by atoms with van der Waals surface area (Å²) < 4.78 is 2.14. The standard InChI is InChI=1S/C24H33N7O2S.2ClH/c1-13-18(8-9-25-13)28-24-30-27-12-31(24)16-6-7-19-17(10-16)20(22(33)26-11-14-2-3-14)23(34-19)29-21(32)15-4-5-15;;/h12-16,18,25H,2-11H2,1H3,(H,26,33)(H,28,30)(H,29,32);2*1H/t13?,16-,18?;;/m0../s1. The first-order chi connectivity index (χ1) is 16.6. The third-order valence-electron chi connectivity index (χ3n) is 7.70. The maximum Gasteiger partial charge on any atom is 0.254 e. The van der Waals surface area contributed by atoms with Crippen LogP contribution in [0, 0.1) is 11.8 Å². The van der Waals surface area contributed by atoms with E-state index in [-0.39, 0.29) is 48.6 Å². The van der Waals surface area contributed by atoms with Gasteiger partial charge >= 0.3 is 0 Å².